The van der Waals surface area contributed by atoms with Gasteiger partial charge >= 0.3 is 0 Å². The molecule has 0 aromatic heterocycles. The van der Waals surface area contributed by atoms with Crippen LogP contribution in [0.25, 0.3) is 0 Å². The van der Waals surface area contributed by atoms with E-state index >= 15 is 0 Å². The molecule has 1 fully saturated rings. The molecular formula is C16H23NO. The number of fused-ring (bicyclic) bond motifs is 1. The first-order valence-corrected chi connectivity index (χ1v) is 7.27. The number of hydrogen-bond acceptors (Lipinski definition) is 2. The number of benzene rings is 1. The van der Waals surface area contributed by atoms with Crippen LogP contribution in [0.1, 0.15) is 56.6 Å². The van der Waals surface area contributed by atoms with E-state index in [0.717, 1.165) is 31.4 Å². The minimum absolute atomic E-state index is 0.152. The van der Waals surface area contributed by atoms with Crippen molar-refractivity contribution in [3.63, 3.8) is 0 Å². The molecule has 2 heteroatoms. The topological polar surface area (TPSA) is 35.2 Å². The fourth-order valence-corrected chi connectivity index (χ4v) is 3.38. The summed E-state index contributed by atoms with van der Waals surface area (Å²) in [5, 5.41) is 0. The molecule has 0 saturated heterocycles. The van der Waals surface area contributed by atoms with Crippen LogP contribution in [0.15, 0.2) is 18.2 Å². The molecule has 18 heavy (non-hydrogen) atoms. The van der Waals surface area contributed by atoms with Crippen LogP contribution in [0.3, 0.4) is 0 Å². The number of para-hydroxylation sites is 1. The monoisotopic (exact) mass is 245 g/mol. The van der Waals surface area contributed by atoms with Gasteiger partial charge in [0.15, 0.2) is 0 Å². The van der Waals surface area contributed by atoms with E-state index in [2.05, 4.69) is 25.1 Å². The van der Waals surface area contributed by atoms with Crippen molar-refractivity contribution in [3.8, 4) is 5.75 Å². The number of rotatable bonds is 1. The summed E-state index contributed by atoms with van der Waals surface area (Å²) in [6.07, 6.45) is 8.58. The van der Waals surface area contributed by atoms with Gasteiger partial charge in [-0.25, -0.2) is 0 Å². The molecule has 3 rings (SSSR count). The van der Waals surface area contributed by atoms with E-state index in [9.17, 15) is 0 Å². The molecule has 1 saturated carbocycles. The van der Waals surface area contributed by atoms with Gasteiger partial charge in [-0.1, -0.05) is 37.5 Å². The van der Waals surface area contributed by atoms with E-state index in [0.29, 0.717) is 6.10 Å². The van der Waals surface area contributed by atoms with E-state index in [1.807, 2.05) is 0 Å². The second kappa shape index (κ2) is 4.58. The second-order valence-electron chi connectivity index (χ2n) is 5.98. The Bertz CT molecular complexity index is 435. The molecule has 2 aliphatic rings. The van der Waals surface area contributed by atoms with Crippen LogP contribution in [0, 0.1) is 0 Å². The average Bonchev–Trinajstić information content (AvgIpc) is 2.38. The highest BCUT2D eigenvalue weighted by atomic mass is 16.5. The number of nitrogens with two attached hydrogens (primary N) is 1. The predicted octanol–water partition coefficient (Wildman–Crippen LogP) is 3.52. The summed E-state index contributed by atoms with van der Waals surface area (Å²) in [5.41, 5.74) is 9.12. The van der Waals surface area contributed by atoms with Crippen molar-refractivity contribution in [3.05, 3.63) is 29.3 Å². The van der Waals surface area contributed by atoms with E-state index in [-0.39, 0.29) is 5.54 Å². The summed E-state index contributed by atoms with van der Waals surface area (Å²) >= 11 is 0. The first-order chi connectivity index (χ1) is 8.69. The van der Waals surface area contributed by atoms with Crippen molar-refractivity contribution >= 4 is 0 Å². The third-order valence-corrected chi connectivity index (χ3v) is 4.52. The van der Waals surface area contributed by atoms with Gasteiger partial charge in [-0.15, -0.1) is 0 Å². The summed E-state index contributed by atoms with van der Waals surface area (Å²) in [6.45, 7) is 2.16. The van der Waals surface area contributed by atoms with E-state index in [1.165, 1.54) is 30.4 Å². The quantitative estimate of drug-likeness (QED) is 0.821. The number of ether oxygens (including phenoxy) is 1. The van der Waals surface area contributed by atoms with Crippen LogP contribution in [0.2, 0.25) is 0 Å². The van der Waals surface area contributed by atoms with Gasteiger partial charge in [0.05, 0.1) is 6.10 Å². The zero-order chi connectivity index (χ0) is 12.6. The van der Waals surface area contributed by atoms with Gasteiger partial charge in [-0.2, -0.15) is 0 Å². The Kier molecular flexibility index (Phi) is 3.06. The standard InChI is InChI=1S/C16H23NO/c1-12-8-9-13-6-5-7-14(15(13)18-12)16(17)10-3-2-4-11-16/h5-7,12H,2-4,8-11,17H2,1H3. The van der Waals surface area contributed by atoms with Crippen LogP contribution in [-0.4, -0.2) is 6.10 Å². The summed E-state index contributed by atoms with van der Waals surface area (Å²) in [5.74, 6) is 1.10. The minimum Gasteiger partial charge on any atom is -0.490 e. The number of aryl methyl sites for hydroxylation is 1. The van der Waals surface area contributed by atoms with Crippen molar-refractivity contribution < 1.29 is 4.74 Å². The largest absolute Gasteiger partial charge is 0.490 e. The Morgan fingerprint density at radius 2 is 2.00 bits per heavy atom. The Hall–Kier alpha value is -1.02. The van der Waals surface area contributed by atoms with Crippen molar-refractivity contribution in [1.29, 1.82) is 0 Å². The zero-order valence-electron chi connectivity index (χ0n) is 11.2. The van der Waals surface area contributed by atoms with Crippen LogP contribution >= 0.6 is 0 Å². The Morgan fingerprint density at radius 3 is 2.78 bits per heavy atom. The van der Waals surface area contributed by atoms with Crippen LogP contribution in [-0.2, 0) is 12.0 Å². The van der Waals surface area contributed by atoms with Gasteiger partial charge in [0.2, 0.25) is 0 Å². The maximum atomic E-state index is 6.67. The molecule has 1 aromatic carbocycles. The molecule has 1 heterocycles. The third-order valence-electron chi connectivity index (χ3n) is 4.52. The molecule has 1 atom stereocenters. The van der Waals surface area contributed by atoms with Gasteiger partial charge < -0.3 is 10.5 Å². The van der Waals surface area contributed by atoms with Crippen molar-refractivity contribution in [1.82, 2.24) is 0 Å². The Balaban J connectivity index is 2.01. The highest BCUT2D eigenvalue weighted by molar-refractivity contribution is 5.47. The average molecular weight is 245 g/mol. The fraction of sp³-hybridized carbons (Fsp3) is 0.625. The first kappa shape index (κ1) is 12.0. The lowest BCUT2D eigenvalue weighted by Crippen LogP contribution is -2.39. The van der Waals surface area contributed by atoms with Gasteiger partial charge in [-0.05, 0) is 38.2 Å². The fourth-order valence-electron chi connectivity index (χ4n) is 3.38. The van der Waals surface area contributed by atoms with Crippen molar-refractivity contribution in [2.75, 3.05) is 0 Å². The van der Waals surface area contributed by atoms with Crippen LogP contribution in [0.5, 0.6) is 5.75 Å². The molecular weight excluding hydrogens is 222 g/mol. The SMILES string of the molecule is CC1CCc2cccc(C3(N)CCCCC3)c2O1. The summed E-state index contributed by atoms with van der Waals surface area (Å²) in [7, 11) is 0. The van der Waals surface area contributed by atoms with E-state index < -0.39 is 0 Å². The molecule has 0 amide bonds. The van der Waals surface area contributed by atoms with Crippen LogP contribution < -0.4 is 10.5 Å². The summed E-state index contributed by atoms with van der Waals surface area (Å²) < 4.78 is 6.10. The normalized spacial score (nSPS) is 26.2. The molecule has 1 aromatic rings. The molecule has 0 bridgehead atoms. The maximum absolute atomic E-state index is 6.67. The maximum Gasteiger partial charge on any atom is 0.127 e. The minimum atomic E-state index is -0.152. The first-order valence-electron chi connectivity index (χ1n) is 7.27. The van der Waals surface area contributed by atoms with Crippen LogP contribution in [0.4, 0.5) is 0 Å². The summed E-state index contributed by atoms with van der Waals surface area (Å²) in [4.78, 5) is 0. The van der Waals surface area contributed by atoms with Gasteiger partial charge in [0.1, 0.15) is 5.75 Å². The van der Waals surface area contributed by atoms with Gasteiger partial charge in [0.25, 0.3) is 0 Å². The molecule has 0 spiro atoms. The lowest BCUT2D eigenvalue weighted by Gasteiger charge is -2.37. The highest BCUT2D eigenvalue weighted by Gasteiger charge is 2.34. The lowest BCUT2D eigenvalue weighted by atomic mass is 9.76. The molecule has 1 unspecified atom stereocenters. The zero-order valence-corrected chi connectivity index (χ0v) is 11.2. The molecule has 1 aliphatic heterocycles. The third kappa shape index (κ3) is 2.03. The van der Waals surface area contributed by atoms with Crippen molar-refractivity contribution in [2.45, 2.75) is 63.5 Å². The lowest BCUT2D eigenvalue weighted by molar-refractivity contribution is 0.181. The second-order valence-corrected chi connectivity index (χ2v) is 5.98. The summed E-state index contributed by atoms with van der Waals surface area (Å²) in [6, 6.07) is 6.52. The molecule has 2 N–H and O–H groups in total. The highest BCUT2D eigenvalue weighted by Crippen LogP contribution is 2.42. The molecule has 2 nitrogen and oxygen atoms in total. The molecule has 98 valence electrons. The number of hydrogen-bond donors (Lipinski definition) is 1. The van der Waals surface area contributed by atoms with E-state index in [1.54, 1.807) is 0 Å². The Labute approximate surface area is 110 Å². The van der Waals surface area contributed by atoms with Gasteiger partial charge in [0, 0.05) is 11.1 Å². The van der Waals surface area contributed by atoms with Gasteiger partial charge in [-0.3, -0.25) is 0 Å². The molecule has 1 aliphatic carbocycles. The smallest absolute Gasteiger partial charge is 0.127 e. The molecule has 0 radical (unpaired) electrons. The predicted molar refractivity (Wildman–Crippen MR) is 73.8 cm³/mol. The van der Waals surface area contributed by atoms with Crippen molar-refractivity contribution in [2.24, 2.45) is 5.73 Å². The Morgan fingerprint density at radius 1 is 1.22 bits per heavy atom. The van der Waals surface area contributed by atoms with E-state index in [4.69, 9.17) is 10.5 Å².